The molecule has 88 valence electrons. The maximum Gasteiger partial charge on any atom is 0.137 e. The third-order valence-corrected chi connectivity index (χ3v) is 2.88. The first-order chi connectivity index (χ1) is 7.63. The van der Waals surface area contributed by atoms with E-state index in [0.29, 0.717) is 18.6 Å². The standard InChI is InChI=1S/C14H20O2/c1-11-6-4-5-7-13(11)10-14(15)9-8-12(2)16-3/h4-7,12H,8-10H2,1-3H3. The summed E-state index contributed by atoms with van der Waals surface area (Å²) >= 11 is 0. The maximum atomic E-state index is 11.7. The van der Waals surface area contributed by atoms with Gasteiger partial charge in [-0.15, -0.1) is 0 Å². The molecular weight excluding hydrogens is 200 g/mol. The molecule has 1 rings (SSSR count). The molecule has 2 nitrogen and oxygen atoms in total. The summed E-state index contributed by atoms with van der Waals surface area (Å²) in [5.74, 6) is 0.290. The van der Waals surface area contributed by atoms with Crippen LogP contribution in [0.3, 0.4) is 0 Å². The molecule has 1 aromatic rings. The van der Waals surface area contributed by atoms with E-state index in [2.05, 4.69) is 0 Å². The minimum Gasteiger partial charge on any atom is -0.382 e. The normalized spacial score (nSPS) is 12.4. The summed E-state index contributed by atoms with van der Waals surface area (Å²) in [5.41, 5.74) is 2.33. The summed E-state index contributed by atoms with van der Waals surface area (Å²) in [6.45, 7) is 4.03. The molecule has 0 aromatic heterocycles. The second kappa shape index (κ2) is 6.44. The Labute approximate surface area is 97.6 Å². The number of hydrogen-bond donors (Lipinski definition) is 0. The lowest BCUT2D eigenvalue weighted by atomic mass is 10.0. The van der Waals surface area contributed by atoms with E-state index in [1.165, 1.54) is 5.56 Å². The fraction of sp³-hybridized carbons (Fsp3) is 0.500. The van der Waals surface area contributed by atoms with Gasteiger partial charge in [-0.05, 0) is 31.4 Å². The van der Waals surface area contributed by atoms with Gasteiger partial charge in [0.05, 0.1) is 6.10 Å². The summed E-state index contributed by atoms with van der Waals surface area (Å²) in [7, 11) is 1.68. The summed E-state index contributed by atoms with van der Waals surface area (Å²) in [4.78, 5) is 11.7. The van der Waals surface area contributed by atoms with Gasteiger partial charge in [-0.2, -0.15) is 0 Å². The van der Waals surface area contributed by atoms with Gasteiger partial charge in [0.25, 0.3) is 0 Å². The van der Waals surface area contributed by atoms with Gasteiger partial charge in [0, 0.05) is 20.0 Å². The minimum absolute atomic E-state index is 0.167. The highest BCUT2D eigenvalue weighted by molar-refractivity contribution is 5.81. The van der Waals surface area contributed by atoms with Crippen LogP contribution in [-0.2, 0) is 16.0 Å². The predicted octanol–water partition coefficient (Wildman–Crippen LogP) is 2.92. The molecule has 1 aromatic carbocycles. The number of Topliss-reactive ketones (excluding diaryl/α,β-unsaturated/α-hetero) is 1. The fourth-order valence-electron chi connectivity index (χ4n) is 1.59. The van der Waals surface area contributed by atoms with Crippen LogP contribution in [0.15, 0.2) is 24.3 Å². The Balaban J connectivity index is 2.43. The zero-order chi connectivity index (χ0) is 12.0. The first-order valence-corrected chi connectivity index (χ1v) is 5.72. The van der Waals surface area contributed by atoms with Gasteiger partial charge >= 0.3 is 0 Å². The van der Waals surface area contributed by atoms with E-state index in [-0.39, 0.29) is 6.10 Å². The summed E-state index contributed by atoms with van der Waals surface area (Å²) in [5, 5.41) is 0. The van der Waals surface area contributed by atoms with Gasteiger partial charge in [0.15, 0.2) is 0 Å². The van der Waals surface area contributed by atoms with E-state index >= 15 is 0 Å². The summed E-state index contributed by atoms with van der Waals surface area (Å²) in [6, 6.07) is 8.04. The number of rotatable bonds is 6. The quantitative estimate of drug-likeness (QED) is 0.736. The van der Waals surface area contributed by atoms with Crippen LogP contribution < -0.4 is 0 Å². The van der Waals surface area contributed by atoms with Crippen molar-refractivity contribution in [2.24, 2.45) is 0 Å². The molecule has 0 amide bonds. The van der Waals surface area contributed by atoms with Crippen LogP contribution >= 0.6 is 0 Å². The first-order valence-electron chi connectivity index (χ1n) is 5.72. The molecule has 0 heterocycles. The lowest BCUT2D eigenvalue weighted by molar-refractivity contribution is -0.119. The molecule has 0 radical (unpaired) electrons. The van der Waals surface area contributed by atoms with Crippen LogP contribution in [-0.4, -0.2) is 19.0 Å². The van der Waals surface area contributed by atoms with Crippen LogP contribution in [0.2, 0.25) is 0 Å². The third kappa shape index (κ3) is 4.15. The van der Waals surface area contributed by atoms with Gasteiger partial charge in [-0.1, -0.05) is 24.3 Å². The molecular formula is C14H20O2. The van der Waals surface area contributed by atoms with E-state index in [9.17, 15) is 4.79 Å². The SMILES string of the molecule is COC(C)CCC(=O)Cc1ccccc1C. The highest BCUT2D eigenvalue weighted by Gasteiger charge is 2.08. The van der Waals surface area contributed by atoms with E-state index in [1.807, 2.05) is 38.1 Å². The van der Waals surface area contributed by atoms with Crippen molar-refractivity contribution in [3.8, 4) is 0 Å². The lowest BCUT2D eigenvalue weighted by Gasteiger charge is -2.09. The average Bonchev–Trinajstić information content (AvgIpc) is 2.29. The van der Waals surface area contributed by atoms with E-state index in [1.54, 1.807) is 7.11 Å². The van der Waals surface area contributed by atoms with Crippen LogP contribution in [0.1, 0.15) is 30.9 Å². The van der Waals surface area contributed by atoms with E-state index < -0.39 is 0 Å². The molecule has 0 aliphatic heterocycles. The molecule has 0 saturated heterocycles. The Bertz CT molecular complexity index is 344. The predicted molar refractivity (Wildman–Crippen MR) is 65.6 cm³/mol. The number of methoxy groups -OCH3 is 1. The Kier molecular flexibility index (Phi) is 5.20. The first kappa shape index (κ1) is 12.9. The van der Waals surface area contributed by atoms with Gasteiger partial charge in [0.2, 0.25) is 0 Å². The largest absolute Gasteiger partial charge is 0.382 e. The molecule has 0 N–H and O–H groups in total. The second-order valence-electron chi connectivity index (χ2n) is 4.23. The van der Waals surface area contributed by atoms with E-state index in [0.717, 1.165) is 12.0 Å². The molecule has 0 bridgehead atoms. The number of hydrogen-bond acceptors (Lipinski definition) is 2. The molecule has 0 saturated carbocycles. The Morgan fingerprint density at radius 1 is 1.38 bits per heavy atom. The van der Waals surface area contributed by atoms with Crippen molar-refractivity contribution in [3.05, 3.63) is 35.4 Å². The second-order valence-corrected chi connectivity index (χ2v) is 4.23. The number of benzene rings is 1. The van der Waals surface area contributed by atoms with Crippen molar-refractivity contribution < 1.29 is 9.53 Å². The number of carbonyl (C=O) groups excluding carboxylic acids is 1. The molecule has 0 aliphatic rings. The lowest BCUT2D eigenvalue weighted by Crippen LogP contribution is -2.10. The van der Waals surface area contributed by atoms with Gasteiger partial charge in [-0.25, -0.2) is 0 Å². The molecule has 16 heavy (non-hydrogen) atoms. The van der Waals surface area contributed by atoms with Crippen molar-refractivity contribution in [1.29, 1.82) is 0 Å². The zero-order valence-electron chi connectivity index (χ0n) is 10.3. The zero-order valence-corrected chi connectivity index (χ0v) is 10.3. The third-order valence-electron chi connectivity index (χ3n) is 2.88. The molecule has 0 spiro atoms. The highest BCUT2D eigenvalue weighted by atomic mass is 16.5. The Morgan fingerprint density at radius 3 is 2.69 bits per heavy atom. The number of carbonyl (C=O) groups is 1. The molecule has 1 atom stereocenters. The molecule has 0 aliphatic carbocycles. The summed E-state index contributed by atoms with van der Waals surface area (Å²) in [6.07, 6.45) is 2.12. The smallest absolute Gasteiger partial charge is 0.137 e. The van der Waals surface area contributed by atoms with Crippen LogP contribution in [0.5, 0.6) is 0 Å². The Hall–Kier alpha value is -1.15. The number of ether oxygens (including phenoxy) is 1. The fourth-order valence-corrected chi connectivity index (χ4v) is 1.59. The van der Waals surface area contributed by atoms with Crippen molar-refractivity contribution in [2.75, 3.05) is 7.11 Å². The van der Waals surface area contributed by atoms with E-state index in [4.69, 9.17) is 4.74 Å². The van der Waals surface area contributed by atoms with Crippen LogP contribution in [0, 0.1) is 6.92 Å². The van der Waals surface area contributed by atoms with Crippen molar-refractivity contribution in [2.45, 2.75) is 39.2 Å². The van der Waals surface area contributed by atoms with Crippen molar-refractivity contribution in [1.82, 2.24) is 0 Å². The van der Waals surface area contributed by atoms with Crippen molar-refractivity contribution in [3.63, 3.8) is 0 Å². The number of aryl methyl sites for hydroxylation is 1. The number of ketones is 1. The van der Waals surface area contributed by atoms with Gasteiger partial charge < -0.3 is 4.74 Å². The topological polar surface area (TPSA) is 26.3 Å². The minimum atomic E-state index is 0.167. The van der Waals surface area contributed by atoms with Crippen molar-refractivity contribution >= 4 is 5.78 Å². The monoisotopic (exact) mass is 220 g/mol. The molecule has 2 heteroatoms. The summed E-state index contributed by atoms with van der Waals surface area (Å²) < 4.78 is 5.12. The maximum absolute atomic E-state index is 11.7. The van der Waals surface area contributed by atoms with Gasteiger partial charge in [-0.3, -0.25) is 4.79 Å². The average molecular weight is 220 g/mol. The van der Waals surface area contributed by atoms with Gasteiger partial charge in [0.1, 0.15) is 5.78 Å². The molecule has 1 unspecified atom stereocenters. The Morgan fingerprint density at radius 2 is 2.06 bits per heavy atom. The van der Waals surface area contributed by atoms with Crippen LogP contribution in [0.25, 0.3) is 0 Å². The molecule has 0 fully saturated rings. The van der Waals surface area contributed by atoms with Crippen LogP contribution in [0.4, 0.5) is 0 Å². The highest BCUT2D eigenvalue weighted by Crippen LogP contribution is 2.10.